The number of hydrogen-bond donors (Lipinski definition) is 3. The second kappa shape index (κ2) is 3.87. The zero-order valence-electron chi connectivity index (χ0n) is 9.34. The fourth-order valence-corrected chi connectivity index (χ4v) is 2.57. The minimum atomic E-state index is -1.07. The van der Waals surface area contributed by atoms with Crippen LogP contribution < -0.4 is 5.32 Å². The Balaban J connectivity index is 2.11. The summed E-state index contributed by atoms with van der Waals surface area (Å²) >= 11 is 0. The summed E-state index contributed by atoms with van der Waals surface area (Å²) in [6, 6.07) is -0.304. The summed E-state index contributed by atoms with van der Waals surface area (Å²) in [5.41, 5.74) is 0. The van der Waals surface area contributed by atoms with Crippen molar-refractivity contribution in [1.82, 2.24) is 5.32 Å². The lowest BCUT2D eigenvalue weighted by molar-refractivity contribution is -0.159. The van der Waals surface area contributed by atoms with Crippen molar-refractivity contribution in [3.63, 3.8) is 0 Å². The van der Waals surface area contributed by atoms with Crippen molar-refractivity contribution in [3.05, 3.63) is 0 Å². The average molecular weight is 231 g/mol. The van der Waals surface area contributed by atoms with Gasteiger partial charge in [-0.3, -0.25) is 0 Å². The Morgan fingerprint density at radius 3 is 2.62 bits per heavy atom. The molecule has 1 aliphatic heterocycles. The Bertz CT molecular complexity index is 293. The number of rotatable bonds is 2. The summed E-state index contributed by atoms with van der Waals surface area (Å²) in [6.45, 7) is 3.56. The highest BCUT2D eigenvalue weighted by Gasteiger charge is 2.54. The van der Waals surface area contributed by atoms with Crippen molar-refractivity contribution in [3.8, 4) is 0 Å². The van der Waals surface area contributed by atoms with Crippen LogP contribution >= 0.6 is 0 Å². The largest absolute Gasteiger partial charge is 0.465 e. The summed E-state index contributed by atoms with van der Waals surface area (Å²) < 4.78 is 11.3. The van der Waals surface area contributed by atoms with Crippen LogP contribution in [0.4, 0.5) is 4.79 Å². The standard InChI is InChI=1S/C10H17NO5/c1-10(2)15-7-5(4-12)3-6(8(7)16-10)11-9(13)14/h5-8,11-12H,3-4H2,1-2H3,(H,13,14)/t5-,6+,7+,8-/m0/s1. The van der Waals surface area contributed by atoms with E-state index in [2.05, 4.69) is 5.32 Å². The van der Waals surface area contributed by atoms with E-state index in [4.69, 9.17) is 14.6 Å². The Kier molecular flexibility index (Phi) is 2.81. The van der Waals surface area contributed by atoms with Crippen LogP contribution in [0, 0.1) is 5.92 Å². The zero-order valence-corrected chi connectivity index (χ0v) is 9.34. The van der Waals surface area contributed by atoms with Crippen LogP contribution in [0.3, 0.4) is 0 Å². The van der Waals surface area contributed by atoms with Crippen LogP contribution in [-0.4, -0.2) is 47.0 Å². The lowest BCUT2D eigenvalue weighted by Crippen LogP contribution is -2.42. The number of amides is 1. The molecule has 1 heterocycles. The molecule has 92 valence electrons. The van der Waals surface area contributed by atoms with Gasteiger partial charge in [0.25, 0.3) is 0 Å². The van der Waals surface area contributed by atoms with Gasteiger partial charge >= 0.3 is 6.09 Å². The quantitative estimate of drug-likeness (QED) is 0.630. The number of fused-ring (bicyclic) bond motifs is 1. The van der Waals surface area contributed by atoms with E-state index >= 15 is 0 Å². The van der Waals surface area contributed by atoms with Gasteiger partial charge in [-0.15, -0.1) is 0 Å². The number of aliphatic hydroxyl groups excluding tert-OH is 1. The van der Waals surface area contributed by atoms with E-state index in [0.29, 0.717) is 6.42 Å². The monoisotopic (exact) mass is 231 g/mol. The lowest BCUT2D eigenvalue weighted by Gasteiger charge is -2.22. The number of aliphatic hydroxyl groups is 1. The van der Waals surface area contributed by atoms with Crippen molar-refractivity contribution in [2.75, 3.05) is 6.61 Å². The van der Waals surface area contributed by atoms with Crippen molar-refractivity contribution >= 4 is 6.09 Å². The minimum Gasteiger partial charge on any atom is -0.465 e. The number of ether oxygens (including phenoxy) is 2. The van der Waals surface area contributed by atoms with Gasteiger partial charge < -0.3 is 25.0 Å². The third-order valence-corrected chi connectivity index (χ3v) is 3.12. The fraction of sp³-hybridized carbons (Fsp3) is 0.900. The highest BCUT2D eigenvalue weighted by Crippen LogP contribution is 2.41. The molecular formula is C10H17NO5. The lowest BCUT2D eigenvalue weighted by atomic mass is 10.1. The van der Waals surface area contributed by atoms with Gasteiger partial charge in [-0.2, -0.15) is 0 Å². The van der Waals surface area contributed by atoms with E-state index in [1.165, 1.54) is 0 Å². The van der Waals surface area contributed by atoms with Crippen LogP contribution in [0.15, 0.2) is 0 Å². The zero-order chi connectivity index (χ0) is 11.9. The Morgan fingerprint density at radius 2 is 2.06 bits per heavy atom. The average Bonchev–Trinajstić information content (AvgIpc) is 2.60. The molecule has 1 saturated heterocycles. The first-order valence-electron chi connectivity index (χ1n) is 5.39. The number of hydrogen-bond acceptors (Lipinski definition) is 4. The summed E-state index contributed by atoms with van der Waals surface area (Å²) in [6.07, 6.45) is -1.05. The topological polar surface area (TPSA) is 88.0 Å². The molecule has 0 radical (unpaired) electrons. The molecule has 0 aromatic carbocycles. The van der Waals surface area contributed by atoms with E-state index in [0.717, 1.165) is 0 Å². The molecule has 6 heteroatoms. The maximum Gasteiger partial charge on any atom is 0.404 e. The van der Waals surface area contributed by atoms with Crippen molar-refractivity contribution in [1.29, 1.82) is 0 Å². The minimum absolute atomic E-state index is 0.0155. The van der Waals surface area contributed by atoms with Gasteiger partial charge in [0.05, 0.1) is 12.1 Å². The summed E-state index contributed by atoms with van der Waals surface area (Å²) in [5, 5.41) is 20.4. The van der Waals surface area contributed by atoms with Gasteiger partial charge in [0.15, 0.2) is 5.79 Å². The molecule has 1 amide bonds. The number of carbonyl (C=O) groups is 1. The van der Waals surface area contributed by atoms with Gasteiger partial charge in [0.2, 0.25) is 0 Å². The molecule has 16 heavy (non-hydrogen) atoms. The first-order valence-corrected chi connectivity index (χ1v) is 5.39. The van der Waals surface area contributed by atoms with Crippen molar-refractivity contribution in [2.24, 2.45) is 5.92 Å². The normalized spacial score (nSPS) is 40.7. The van der Waals surface area contributed by atoms with Crippen LogP contribution in [0.5, 0.6) is 0 Å². The number of nitrogens with one attached hydrogen (secondary N) is 1. The van der Waals surface area contributed by atoms with E-state index in [9.17, 15) is 9.90 Å². The molecule has 0 aromatic rings. The van der Waals surface area contributed by atoms with Gasteiger partial charge in [-0.1, -0.05) is 0 Å². The van der Waals surface area contributed by atoms with Gasteiger partial charge in [-0.25, -0.2) is 4.79 Å². The predicted octanol–water partition coefficient (Wildman–Crippen LogP) is 0.155. The number of carboxylic acid groups (broad SMARTS) is 1. The van der Waals surface area contributed by atoms with Crippen molar-refractivity contribution in [2.45, 2.75) is 44.3 Å². The molecule has 3 N–H and O–H groups in total. The van der Waals surface area contributed by atoms with Gasteiger partial charge in [0, 0.05) is 12.5 Å². The molecule has 2 rings (SSSR count). The van der Waals surface area contributed by atoms with E-state index in [1.54, 1.807) is 13.8 Å². The molecule has 2 fully saturated rings. The van der Waals surface area contributed by atoms with Crippen LogP contribution in [-0.2, 0) is 9.47 Å². The smallest absolute Gasteiger partial charge is 0.404 e. The third-order valence-electron chi connectivity index (χ3n) is 3.12. The van der Waals surface area contributed by atoms with Crippen molar-refractivity contribution < 1.29 is 24.5 Å². The first kappa shape index (κ1) is 11.6. The second-order valence-electron chi connectivity index (χ2n) is 4.80. The van der Waals surface area contributed by atoms with E-state index in [-0.39, 0.29) is 30.8 Å². The molecule has 0 bridgehead atoms. The first-order chi connectivity index (χ1) is 7.43. The SMILES string of the molecule is CC1(C)O[C@@H]2[C@H](CO)C[C@@H](NC(=O)O)[C@@H]2O1. The van der Waals surface area contributed by atoms with Crippen LogP contribution in [0.2, 0.25) is 0 Å². The molecule has 6 nitrogen and oxygen atoms in total. The molecule has 1 saturated carbocycles. The summed E-state index contributed by atoms with van der Waals surface area (Å²) in [4.78, 5) is 10.6. The second-order valence-corrected chi connectivity index (χ2v) is 4.80. The Morgan fingerprint density at radius 1 is 1.44 bits per heavy atom. The maximum absolute atomic E-state index is 10.6. The summed E-state index contributed by atoms with van der Waals surface area (Å²) in [5.74, 6) is -0.773. The molecule has 0 spiro atoms. The Labute approximate surface area is 93.5 Å². The highest BCUT2D eigenvalue weighted by molar-refractivity contribution is 5.65. The predicted molar refractivity (Wildman–Crippen MR) is 54.0 cm³/mol. The summed E-state index contributed by atoms with van der Waals surface area (Å²) in [7, 11) is 0. The molecule has 4 atom stereocenters. The maximum atomic E-state index is 10.6. The van der Waals surface area contributed by atoms with E-state index < -0.39 is 11.9 Å². The van der Waals surface area contributed by atoms with E-state index in [1.807, 2.05) is 0 Å². The van der Waals surface area contributed by atoms with Gasteiger partial charge in [-0.05, 0) is 20.3 Å². The molecule has 1 aliphatic carbocycles. The third kappa shape index (κ3) is 2.00. The van der Waals surface area contributed by atoms with Crippen LogP contribution in [0.25, 0.3) is 0 Å². The molecule has 0 aromatic heterocycles. The Hall–Kier alpha value is -0.850. The fourth-order valence-electron chi connectivity index (χ4n) is 2.57. The van der Waals surface area contributed by atoms with Crippen LogP contribution in [0.1, 0.15) is 20.3 Å². The van der Waals surface area contributed by atoms with Gasteiger partial charge in [0.1, 0.15) is 6.10 Å². The molecule has 0 unspecified atom stereocenters. The molecular weight excluding hydrogens is 214 g/mol. The highest BCUT2D eigenvalue weighted by atomic mass is 16.8. The molecule has 2 aliphatic rings.